The van der Waals surface area contributed by atoms with Gasteiger partial charge in [0, 0.05) is 12.7 Å². The number of rotatable bonds is 1. The van der Waals surface area contributed by atoms with Crippen molar-refractivity contribution in [3.05, 3.63) is 24.3 Å². The zero-order valence-corrected chi connectivity index (χ0v) is 10.4. The van der Waals surface area contributed by atoms with Gasteiger partial charge in [0.15, 0.2) is 11.3 Å². The molecular formula is C11H10N8. The molecule has 4 aromatic rings. The minimum atomic E-state index is 0.572. The molecule has 0 amide bonds. The highest BCUT2D eigenvalue weighted by Gasteiger charge is 2.13. The number of nitrogens with zero attached hydrogens (tertiary/aromatic N) is 7. The van der Waals surface area contributed by atoms with Gasteiger partial charge >= 0.3 is 0 Å². The van der Waals surface area contributed by atoms with E-state index < -0.39 is 0 Å². The second-order valence-electron chi connectivity index (χ2n) is 4.39. The van der Waals surface area contributed by atoms with Crippen LogP contribution in [0.5, 0.6) is 0 Å². The number of hydrogen-bond donors (Lipinski definition) is 1. The zero-order valence-electron chi connectivity index (χ0n) is 10.4. The van der Waals surface area contributed by atoms with Crippen LogP contribution in [0.25, 0.3) is 28.2 Å². The van der Waals surface area contributed by atoms with Crippen LogP contribution in [-0.2, 0) is 7.05 Å². The van der Waals surface area contributed by atoms with E-state index in [4.69, 9.17) is 0 Å². The zero-order chi connectivity index (χ0) is 13.0. The molecule has 0 aliphatic heterocycles. The summed E-state index contributed by atoms with van der Waals surface area (Å²) in [4.78, 5) is 8.83. The van der Waals surface area contributed by atoms with E-state index in [0.29, 0.717) is 5.82 Å². The monoisotopic (exact) mass is 254 g/mol. The Morgan fingerprint density at radius 3 is 2.95 bits per heavy atom. The van der Waals surface area contributed by atoms with Crippen molar-refractivity contribution >= 4 is 16.7 Å². The van der Waals surface area contributed by atoms with E-state index in [1.807, 2.05) is 20.0 Å². The molecule has 0 bridgehead atoms. The first-order valence-corrected chi connectivity index (χ1v) is 5.78. The van der Waals surface area contributed by atoms with Gasteiger partial charge in [-0.2, -0.15) is 10.2 Å². The minimum absolute atomic E-state index is 0.572. The van der Waals surface area contributed by atoms with E-state index in [1.54, 1.807) is 21.7 Å². The second-order valence-corrected chi connectivity index (χ2v) is 4.39. The first kappa shape index (κ1) is 10.2. The highest BCUT2D eigenvalue weighted by molar-refractivity contribution is 5.88. The van der Waals surface area contributed by atoms with Crippen LogP contribution in [0, 0.1) is 6.92 Å². The molecular weight excluding hydrogens is 244 g/mol. The average molecular weight is 254 g/mol. The van der Waals surface area contributed by atoms with Gasteiger partial charge in [-0.3, -0.25) is 9.78 Å². The van der Waals surface area contributed by atoms with E-state index in [-0.39, 0.29) is 0 Å². The van der Waals surface area contributed by atoms with Crippen LogP contribution in [0.15, 0.2) is 18.6 Å². The Balaban J connectivity index is 2.03. The molecule has 4 aromatic heterocycles. The summed E-state index contributed by atoms with van der Waals surface area (Å²) in [6, 6.07) is 1.91. The van der Waals surface area contributed by atoms with Gasteiger partial charge in [0.25, 0.3) is 0 Å². The van der Waals surface area contributed by atoms with Crippen molar-refractivity contribution < 1.29 is 0 Å². The molecule has 0 unspecified atom stereocenters. The lowest BCUT2D eigenvalue weighted by atomic mass is 10.3. The van der Waals surface area contributed by atoms with Gasteiger partial charge in [0.05, 0.1) is 11.6 Å². The fourth-order valence-electron chi connectivity index (χ4n) is 2.08. The fraction of sp³-hybridized carbons (Fsp3) is 0.182. The molecule has 0 fully saturated rings. The molecule has 8 nitrogen and oxygen atoms in total. The van der Waals surface area contributed by atoms with Crippen LogP contribution in [-0.4, -0.2) is 39.6 Å². The Morgan fingerprint density at radius 1 is 1.26 bits per heavy atom. The maximum atomic E-state index is 4.51. The Bertz CT molecular complexity index is 896. The predicted octanol–water partition coefficient (Wildman–Crippen LogP) is 0.710. The molecule has 0 saturated heterocycles. The summed E-state index contributed by atoms with van der Waals surface area (Å²) in [5.41, 5.74) is 3.20. The van der Waals surface area contributed by atoms with E-state index >= 15 is 0 Å². The number of nitrogens with one attached hydrogen (secondary N) is 1. The van der Waals surface area contributed by atoms with E-state index in [9.17, 15) is 0 Å². The van der Waals surface area contributed by atoms with Crippen molar-refractivity contribution in [1.29, 1.82) is 0 Å². The fourth-order valence-corrected chi connectivity index (χ4v) is 2.08. The molecule has 94 valence electrons. The third kappa shape index (κ3) is 1.36. The normalized spacial score (nSPS) is 11.7. The van der Waals surface area contributed by atoms with Crippen molar-refractivity contribution in [3.8, 4) is 11.5 Å². The molecule has 0 aliphatic carbocycles. The van der Waals surface area contributed by atoms with E-state index in [0.717, 1.165) is 28.1 Å². The topological polar surface area (TPSA) is 89.6 Å². The van der Waals surface area contributed by atoms with Crippen molar-refractivity contribution in [2.75, 3.05) is 0 Å². The minimum Gasteiger partial charge on any atom is -0.282 e. The van der Waals surface area contributed by atoms with Crippen molar-refractivity contribution in [3.63, 3.8) is 0 Å². The lowest BCUT2D eigenvalue weighted by Crippen LogP contribution is -1.94. The number of H-pyrrole nitrogens is 1. The second kappa shape index (κ2) is 3.37. The highest BCUT2D eigenvalue weighted by atomic mass is 15.3. The summed E-state index contributed by atoms with van der Waals surface area (Å²) in [7, 11) is 1.85. The highest BCUT2D eigenvalue weighted by Crippen LogP contribution is 2.19. The number of aryl methyl sites for hydroxylation is 2. The predicted molar refractivity (Wildman–Crippen MR) is 67.4 cm³/mol. The lowest BCUT2D eigenvalue weighted by Gasteiger charge is -1.93. The summed E-state index contributed by atoms with van der Waals surface area (Å²) < 4.78 is 3.35. The maximum absolute atomic E-state index is 4.51. The van der Waals surface area contributed by atoms with Gasteiger partial charge in [0.1, 0.15) is 12.0 Å². The van der Waals surface area contributed by atoms with Crippen molar-refractivity contribution in [2.45, 2.75) is 6.92 Å². The largest absolute Gasteiger partial charge is 0.282 e. The Morgan fingerprint density at radius 2 is 2.16 bits per heavy atom. The molecule has 8 heteroatoms. The average Bonchev–Trinajstić information content (AvgIpc) is 3.06. The SMILES string of the molecule is Cc1cc(-c2nc3c4cnn(C)c4ncn3n2)n[nH]1. The van der Waals surface area contributed by atoms with Crippen LogP contribution in [0.1, 0.15) is 5.69 Å². The lowest BCUT2D eigenvalue weighted by molar-refractivity contribution is 0.783. The van der Waals surface area contributed by atoms with Gasteiger partial charge in [-0.1, -0.05) is 0 Å². The Labute approximate surface area is 107 Å². The molecule has 4 heterocycles. The summed E-state index contributed by atoms with van der Waals surface area (Å²) >= 11 is 0. The van der Waals surface area contributed by atoms with Gasteiger partial charge in [-0.15, -0.1) is 5.10 Å². The molecule has 0 aliphatic rings. The van der Waals surface area contributed by atoms with Crippen molar-refractivity contribution in [2.24, 2.45) is 7.05 Å². The summed E-state index contributed by atoms with van der Waals surface area (Å²) in [6.45, 7) is 1.94. The molecule has 0 atom stereocenters. The molecule has 0 spiro atoms. The first-order valence-electron chi connectivity index (χ1n) is 5.78. The van der Waals surface area contributed by atoms with Gasteiger partial charge < -0.3 is 0 Å². The Hall–Kier alpha value is -2.77. The number of hydrogen-bond acceptors (Lipinski definition) is 5. The van der Waals surface area contributed by atoms with Crippen LogP contribution in [0.3, 0.4) is 0 Å². The molecule has 19 heavy (non-hydrogen) atoms. The van der Waals surface area contributed by atoms with Gasteiger partial charge in [0.2, 0.25) is 5.82 Å². The summed E-state index contributed by atoms with van der Waals surface area (Å²) in [5.74, 6) is 0.572. The first-order chi connectivity index (χ1) is 9.22. The summed E-state index contributed by atoms with van der Waals surface area (Å²) in [6.07, 6.45) is 3.38. The molecule has 0 radical (unpaired) electrons. The molecule has 0 aromatic carbocycles. The van der Waals surface area contributed by atoms with Crippen LogP contribution >= 0.6 is 0 Å². The smallest absolute Gasteiger partial charge is 0.202 e. The van der Waals surface area contributed by atoms with Crippen LogP contribution < -0.4 is 0 Å². The standard InChI is InChI=1S/C11H10N8/c1-6-3-8(16-15-6)9-14-11-7-4-13-18(2)10(7)12-5-19(11)17-9/h3-5H,1-2H3,(H,15,16). The number of fused-ring (bicyclic) bond motifs is 3. The molecule has 0 saturated carbocycles. The third-order valence-corrected chi connectivity index (χ3v) is 3.00. The van der Waals surface area contributed by atoms with Crippen LogP contribution in [0.4, 0.5) is 0 Å². The quantitative estimate of drug-likeness (QED) is 0.540. The summed E-state index contributed by atoms with van der Waals surface area (Å²) in [5, 5.41) is 16.5. The van der Waals surface area contributed by atoms with Gasteiger partial charge in [-0.05, 0) is 13.0 Å². The Kier molecular flexibility index (Phi) is 1.81. The van der Waals surface area contributed by atoms with Crippen LogP contribution in [0.2, 0.25) is 0 Å². The third-order valence-electron chi connectivity index (χ3n) is 3.00. The number of aromatic nitrogens is 8. The van der Waals surface area contributed by atoms with Crippen molar-refractivity contribution in [1.82, 2.24) is 39.6 Å². The van der Waals surface area contributed by atoms with E-state index in [2.05, 4.69) is 30.4 Å². The molecule has 4 rings (SSSR count). The number of aromatic amines is 1. The van der Waals surface area contributed by atoms with E-state index in [1.165, 1.54) is 0 Å². The van der Waals surface area contributed by atoms with Gasteiger partial charge in [-0.25, -0.2) is 14.5 Å². The maximum Gasteiger partial charge on any atom is 0.202 e. The molecule has 1 N–H and O–H groups in total.